The molecule has 0 aromatic carbocycles. The van der Waals surface area contributed by atoms with Gasteiger partial charge in [-0.25, -0.2) is 13.9 Å². The lowest BCUT2D eigenvalue weighted by atomic mass is 9.89. The highest BCUT2D eigenvalue weighted by Crippen LogP contribution is 2.33. The van der Waals surface area contributed by atoms with Crippen LogP contribution >= 0.6 is 11.8 Å². The van der Waals surface area contributed by atoms with E-state index in [9.17, 15) is 23.4 Å². The maximum atomic E-state index is 11.8. The van der Waals surface area contributed by atoms with Crippen molar-refractivity contribution >= 4 is 27.9 Å². The van der Waals surface area contributed by atoms with Crippen molar-refractivity contribution < 1.29 is 23.4 Å². The molecule has 1 aromatic heterocycles. The third-order valence-corrected chi connectivity index (χ3v) is 4.95. The van der Waals surface area contributed by atoms with Gasteiger partial charge in [-0.2, -0.15) is 8.42 Å². The van der Waals surface area contributed by atoms with Crippen LogP contribution in [0.5, 0.6) is 0 Å². The zero-order chi connectivity index (χ0) is 17.2. The highest BCUT2D eigenvalue weighted by molar-refractivity contribution is 7.87. The summed E-state index contributed by atoms with van der Waals surface area (Å²) in [6, 6.07) is 1.52. The summed E-state index contributed by atoms with van der Waals surface area (Å²) in [7, 11) is -4.12. The molecule has 0 unspecified atom stereocenters. The van der Waals surface area contributed by atoms with E-state index >= 15 is 0 Å². The van der Waals surface area contributed by atoms with Crippen LogP contribution in [0, 0.1) is 0 Å². The van der Waals surface area contributed by atoms with E-state index < -0.39 is 16.5 Å². The number of piperidine rings is 1. The Morgan fingerprint density at radius 1 is 1.43 bits per heavy atom. The number of hydrogen-bond donors (Lipinski definition) is 4. The van der Waals surface area contributed by atoms with Crippen molar-refractivity contribution in [1.82, 2.24) is 13.7 Å². The first-order valence-electron chi connectivity index (χ1n) is 6.97. The van der Waals surface area contributed by atoms with Gasteiger partial charge in [0.25, 0.3) is 0 Å². The molecule has 5 N–H and O–H groups in total. The molecule has 0 bridgehead atoms. The number of amides is 1. The van der Waals surface area contributed by atoms with Crippen molar-refractivity contribution in [2.75, 3.05) is 19.6 Å². The predicted octanol–water partition coefficient (Wildman–Crippen LogP) is -1.03. The molecule has 2 heterocycles. The number of aromatic nitrogens is 1. The second-order valence-electron chi connectivity index (χ2n) is 5.34. The largest absolute Gasteiger partial charge is 0.363 e. The second-order valence-corrected chi connectivity index (χ2v) is 7.03. The molecule has 0 radical (unpaired) electrons. The van der Waals surface area contributed by atoms with Crippen LogP contribution in [0.3, 0.4) is 0 Å². The van der Waals surface area contributed by atoms with Crippen LogP contribution in [-0.2, 0) is 15.0 Å². The fraction of sp³-hybridized carbons (Fsp3) is 0.583. The molecule has 23 heavy (non-hydrogen) atoms. The van der Waals surface area contributed by atoms with Gasteiger partial charge >= 0.3 is 10.2 Å². The first kappa shape index (κ1) is 18.2. The fourth-order valence-corrected chi connectivity index (χ4v) is 3.70. The maximum absolute atomic E-state index is 11.8. The number of aliphatic hydroxyl groups is 2. The first-order chi connectivity index (χ1) is 10.8. The lowest BCUT2D eigenvalue weighted by Crippen LogP contribution is -2.41. The number of nitrogens with zero attached hydrogens (tertiary/aromatic N) is 2. The SMILES string of the molecule is NS(=O)(=O)n1ccc(C2CCN(C(=O)CNCl)CC2)c1C(O)O. The minimum absolute atomic E-state index is 0.0363. The van der Waals surface area contributed by atoms with Crippen LogP contribution in [0.1, 0.15) is 36.3 Å². The van der Waals surface area contributed by atoms with Gasteiger partial charge in [-0.1, -0.05) is 0 Å². The standard InChI is InChI=1S/C12H19ClN4O5S/c13-15-7-10(18)16-4-1-8(2-5-16)9-3-6-17(23(14,21)22)11(9)12(19)20/h3,6,8,12,15,19-20H,1-2,4-5,7H2,(H2,14,21,22). The van der Waals surface area contributed by atoms with Crippen LogP contribution in [0.2, 0.25) is 0 Å². The van der Waals surface area contributed by atoms with Crippen molar-refractivity contribution in [3.05, 3.63) is 23.5 Å². The molecular weight excluding hydrogens is 348 g/mol. The summed E-state index contributed by atoms with van der Waals surface area (Å²) in [6.07, 6.45) is 0.387. The fourth-order valence-electron chi connectivity index (χ4n) is 2.88. The van der Waals surface area contributed by atoms with Gasteiger partial charge in [0, 0.05) is 19.3 Å². The molecule has 2 rings (SSSR count). The minimum atomic E-state index is -4.12. The molecule has 1 aliphatic rings. The van der Waals surface area contributed by atoms with Crippen molar-refractivity contribution in [3.8, 4) is 0 Å². The zero-order valence-electron chi connectivity index (χ0n) is 12.2. The van der Waals surface area contributed by atoms with Crippen molar-refractivity contribution in [1.29, 1.82) is 0 Å². The third-order valence-electron chi connectivity index (χ3n) is 3.95. The van der Waals surface area contributed by atoms with Gasteiger partial charge in [-0.05, 0) is 42.2 Å². The first-order valence-corrected chi connectivity index (χ1v) is 8.85. The van der Waals surface area contributed by atoms with Gasteiger partial charge in [0.2, 0.25) is 5.91 Å². The molecule has 9 nitrogen and oxygen atoms in total. The summed E-state index contributed by atoms with van der Waals surface area (Å²) in [5.74, 6) is -0.217. The van der Waals surface area contributed by atoms with Crippen molar-refractivity contribution in [2.24, 2.45) is 5.14 Å². The molecular formula is C12H19ClN4O5S. The third kappa shape index (κ3) is 4.03. The van der Waals surface area contributed by atoms with E-state index in [-0.39, 0.29) is 24.1 Å². The van der Waals surface area contributed by atoms with Gasteiger partial charge in [-0.15, -0.1) is 0 Å². The number of rotatable bonds is 5. The molecule has 0 aliphatic carbocycles. The van der Waals surface area contributed by atoms with Gasteiger partial charge in [-0.3, -0.25) is 4.79 Å². The number of carbonyl (C=O) groups is 1. The Hall–Kier alpha value is -1.17. The van der Waals surface area contributed by atoms with E-state index in [4.69, 9.17) is 16.9 Å². The van der Waals surface area contributed by atoms with Crippen LogP contribution in [0.15, 0.2) is 12.3 Å². The second kappa shape index (κ2) is 7.16. The van der Waals surface area contributed by atoms with Gasteiger partial charge in [0.05, 0.1) is 12.2 Å². The lowest BCUT2D eigenvalue weighted by Gasteiger charge is -2.32. The van der Waals surface area contributed by atoms with Crippen molar-refractivity contribution in [3.63, 3.8) is 0 Å². The van der Waals surface area contributed by atoms with E-state index in [1.54, 1.807) is 4.90 Å². The number of halogens is 1. The summed E-state index contributed by atoms with van der Waals surface area (Å²) in [4.78, 5) is 15.7. The summed E-state index contributed by atoms with van der Waals surface area (Å²) < 4.78 is 23.7. The summed E-state index contributed by atoms with van der Waals surface area (Å²) in [5, 5.41) is 24.1. The number of nitrogens with two attached hydrogens (primary N) is 1. The Morgan fingerprint density at radius 2 is 2.04 bits per heavy atom. The quantitative estimate of drug-likeness (QED) is 0.388. The van der Waals surface area contributed by atoms with Crippen LogP contribution < -0.4 is 9.97 Å². The topological polar surface area (TPSA) is 138 Å². The van der Waals surface area contributed by atoms with Crippen molar-refractivity contribution in [2.45, 2.75) is 25.0 Å². The smallest absolute Gasteiger partial charge is 0.302 e. The average molecular weight is 367 g/mol. The van der Waals surface area contributed by atoms with Gasteiger partial charge in [0.15, 0.2) is 6.29 Å². The highest BCUT2D eigenvalue weighted by Gasteiger charge is 2.29. The molecule has 1 aliphatic heterocycles. The van der Waals surface area contributed by atoms with E-state index in [1.807, 2.05) is 0 Å². The molecule has 0 atom stereocenters. The highest BCUT2D eigenvalue weighted by atomic mass is 35.5. The lowest BCUT2D eigenvalue weighted by molar-refractivity contribution is -0.131. The zero-order valence-corrected chi connectivity index (χ0v) is 13.8. The van der Waals surface area contributed by atoms with E-state index in [1.165, 1.54) is 12.3 Å². The Morgan fingerprint density at radius 3 is 2.52 bits per heavy atom. The number of hydrogen-bond acceptors (Lipinski definition) is 6. The normalized spacial score (nSPS) is 17.0. The summed E-state index contributed by atoms with van der Waals surface area (Å²) >= 11 is 5.32. The molecule has 1 aromatic rings. The molecule has 1 amide bonds. The monoisotopic (exact) mass is 366 g/mol. The number of likely N-dealkylation sites (tertiary alicyclic amines) is 1. The molecule has 0 spiro atoms. The Labute approximate surface area is 138 Å². The summed E-state index contributed by atoms with van der Waals surface area (Å²) in [5.41, 5.74) is 0.358. The van der Waals surface area contributed by atoms with Crippen LogP contribution in [-0.4, -0.2) is 53.0 Å². The Balaban J connectivity index is 2.18. The van der Waals surface area contributed by atoms with E-state index in [2.05, 4.69) is 4.84 Å². The molecule has 1 fully saturated rings. The average Bonchev–Trinajstić information content (AvgIpc) is 2.93. The molecule has 1 saturated heterocycles. The van der Waals surface area contributed by atoms with Crippen LogP contribution in [0.25, 0.3) is 0 Å². The van der Waals surface area contributed by atoms with Crippen LogP contribution in [0.4, 0.5) is 0 Å². The minimum Gasteiger partial charge on any atom is -0.363 e. The Bertz CT molecular complexity index is 667. The Kier molecular flexibility index (Phi) is 5.65. The van der Waals surface area contributed by atoms with E-state index in [0.717, 1.165) is 0 Å². The number of nitrogens with one attached hydrogen (secondary N) is 1. The number of aliphatic hydroxyl groups excluding tert-OH is 1. The van der Waals surface area contributed by atoms with E-state index in [0.29, 0.717) is 35.5 Å². The summed E-state index contributed by atoms with van der Waals surface area (Å²) in [6.45, 7) is 0.988. The van der Waals surface area contributed by atoms with Gasteiger partial charge < -0.3 is 15.1 Å². The molecule has 11 heteroatoms. The predicted molar refractivity (Wildman–Crippen MR) is 82.5 cm³/mol. The number of carbonyl (C=O) groups excluding carboxylic acids is 1. The maximum Gasteiger partial charge on any atom is 0.302 e. The molecule has 0 saturated carbocycles. The molecule has 130 valence electrons. The van der Waals surface area contributed by atoms with Gasteiger partial charge in [0.1, 0.15) is 0 Å².